The van der Waals surface area contributed by atoms with Gasteiger partial charge in [0.15, 0.2) is 5.82 Å². The van der Waals surface area contributed by atoms with Gasteiger partial charge in [0, 0.05) is 4.90 Å². The molecule has 0 aliphatic rings. The van der Waals surface area contributed by atoms with Crippen LogP contribution in [0.2, 0.25) is 5.02 Å². The number of benzene rings is 1. The minimum absolute atomic E-state index is 0.0407. The number of ketones is 1. The Morgan fingerprint density at radius 2 is 2.10 bits per heavy atom. The molecule has 21 heavy (non-hydrogen) atoms. The summed E-state index contributed by atoms with van der Waals surface area (Å²) >= 11 is 7.64. The van der Waals surface area contributed by atoms with Gasteiger partial charge in [-0.3, -0.25) is 4.79 Å². The topological polar surface area (TPSA) is 56.0 Å². The number of halogens is 1. The van der Waals surface area contributed by atoms with Gasteiger partial charge in [0.25, 0.3) is 0 Å². The number of carbonyl (C=O) groups is 1. The van der Waals surface area contributed by atoms with Gasteiger partial charge in [0.1, 0.15) is 5.78 Å². The Bertz CT molecular complexity index is 628. The maximum Gasteiger partial charge on any atom is 0.237 e. The van der Waals surface area contributed by atoms with Crippen molar-refractivity contribution in [1.29, 1.82) is 0 Å². The Labute approximate surface area is 133 Å². The number of hydrogen-bond donors (Lipinski definition) is 0. The second kappa shape index (κ2) is 7.09. The third-order valence-corrected chi connectivity index (χ3v) is 4.56. The van der Waals surface area contributed by atoms with Crippen LogP contribution in [0.15, 0.2) is 33.7 Å². The van der Waals surface area contributed by atoms with Crippen LogP contribution in [0.5, 0.6) is 0 Å². The number of carbonyl (C=O) groups excluding carboxylic acids is 1. The Kier molecular flexibility index (Phi) is 5.42. The molecule has 0 aliphatic carbocycles. The van der Waals surface area contributed by atoms with Crippen LogP contribution in [0.1, 0.15) is 38.4 Å². The molecule has 1 heterocycles. The first-order valence-electron chi connectivity index (χ1n) is 6.69. The molecule has 1 aromatic carbocycles. The molecule has 0 aliphatic heterocycles. The first-order chi connectivity index (χ1) is 9.99. The van der Waals surface area contributed by atoms with E-state index in [2.05, 4.69) is 10.1 Å². The fourth-order valence-electron chi connectivity index (χ4n) is 2.08. The molecule has 4 nitrogen and oxygen atoms in total. The fourth-order valence-corrected chi connectivity index (χ4v) is 3.17. The predicted octanol–water partition coefficient (Wildman–Crippen LogP) is 4.34. The molecule has 6 heteroatoms. The maximum absolute atomic E-state index is 11.7. The third kappa shape index (κ3) is 4.08. The molecule has 0 saturated heterocycles. The van der Waals surface area contributed by atoms with Gasteiger partial charge in [0.05, 0.1) is 16.7 Å². The summed E-state index contributed by atoms with van der Waals surface area (Å²) in [4.78, 5) is 17.0. The van der Waals surface area contributed by atoms with Gasteiger partial charge in [-0.15, -0.1) is 11.8 Å². The van der Waals surface area contributed by atoms with E-state index < -0.39 is 0 Å². The first kappa shape index (κ1) is 16.0. The first-order valence-corrected chi connectivity index (χ1v) is 8.05. The average Bonchev–Trinajstić information content (AvgIpc) is 2.85. The molecule has 1 aromatic heterocycles. The van der Waals surface area contributed by atoms with Crippen LogP contribution in [0, 0.1) is 5.92 Å². The smallest absolute Gasteiger partial charge is 0.237 e. The summed E-state index contributed by atoms with van der Waals surface area (Å²) in [5.41, 5.74) is 0. The minimum Gasteiger partial charge on any atom is -0.339 e. The summed E-state index contributed by atoms with van der Waals surface area (Å²) in [7, 11) is 0. The van der Waals surface area contributed by atoms with Gasteiger partial charge in [-0.2, -0.15) is 4.98 Å². The second-order valence-corrected chi connectivity index (χ2v) is 6.52. The van der Waals surface area contributed by atoms with Crippen LogP contribution < -0.4 is 0 Å². The summed E-state index contributed by atoms with van der Waals surface area (Å²) in [5.74, 6) is 1.35. The van der Waals surface area contributed by atoms with E-state index in [-0.39, 0.29) is 17.6 Å². The van der Waals surface area contributed by atoms with Crippen molar-refractivity contribution in [2.75, 3.05) is 0 Å². The molecule has 2 aromatic rings. The second-order valence-electron chi connectivity index (χ2n) is 5.10. The van der Waals surface area contributed by atoms with Crippen molar-refractivity contribution >= 4 is 29.1 Å². The van der Waals surface area contributed by atoms with E-state index in [0.29, 0.717) is 22.5 Å². The lowest BCUT2D eigenvalue weighted by Crippen LogP contribution is -2.15. The van der Waals surface area contributed by atoms with Crippen molar-refractivity contribution in [1.82, 2.24) is 10.1 Å². The van der Waals surface area contributed by atoms with Crippen molar-refractivity contribution in [3.8, 4) is 0 Å². The Morgan fingerprint density at radius 1 is 1.38 bits per heavy atom. The van der Waals surface area contributed by atoms with Gasteiger partial charge in [0.2, 0.25) is 5.89 Å². The number of hydrogen-bond acceptors (Lipinski definition) is 5. The fraction of sp³-hybridized carbons (Fsp3) is 0.400. The molecule has 112 valence electrons. The summed E-state index contributed by atoms with van der Waals surface area (Å²) in [6.45, 7) is 5.48. The van der Waals surface area contributed by atoms with Crippen LogP contribution >= 0.6 is 23.4 Å². The van der Waals surface area contributed by atoms with E-state index >= 15 is 0 Å². The number of thioether (sulfide) groups is 1. The average molecular weight is 325 g/mol. The quantitative estimate of drug-likeness (QED) is 0.740. The molecular weight excluding hydrogens is 308 g/mol. The molecule has 0 N–H and O–H groups in total. The molecule has 0 saturated carbocycles. The van der Waals surface area contributed by atoms with Crippen molar-refractivity contribution in [2.45, 2.75) is 37.3 Å². The third-order valence-electron chi connectivity index (χ3n) is 3.05. The van der Waals surface area contributed by atoms with Crippen LogP contribution in [0.4, 0.5) is 0 Å². The van der Waals surface area contributed by atoms with Gasteiger partial charge in [-0.1, -0.05) is 42.7 Å². The molecule has 0 radical (unpaired) electrons. The normalized spacial score (nSPS) is 12.6. The lowest BCUT2D eigenvalue weighted by molar-refractivity contribution is -0.119. The number of Topliss-reactive ketones (excluding diaryl/α,β-unsaturated/α-hetero) is 1. The van der Waals surface area contributed by atoms with Crippen molar-refractivity contribution in [3.63, 3.8) is 0 Å². The van der Waals surface area contributed by atoms with Gasteiger partial charge in [-0.05, 0) is 25.0 Å². The number of nitrogens with zero attached hydrogens (tertiary/aromatic N) is 2. The van der Waals surface area contributed by atoms with E-state index in [1.165, 1.54) is 0 Å². The summed E-state index contributed by atoms with van der Waals surface area (Å²) in [5, 5.41) is 4.65. The van der Waals surface area contributed by atoms with E-state index in [4.69, 9.17) is 16.1 Å². The largest absolute Gasteiger partial charge is 0.339 e. The lowest BCUT2D eigenvalue weighted by atomic mass is 9.92. The van der Waals surface area contributed by atoms with Crippen LogP contribution in [-0.4, -0.2) is 15.9 Å². The highest BCUT2D eigenvalue weighted by Crippen LogP contribution is 2.29. The number of rotatable bonds is 6. The minimum atomic E-state index is -0.337. The zero-order valence-electron chi connectivity index (χ0n) is 12.2. The molecular formula is C15H17ClN2O2S. The highest BCUT2D eigenvalue weighted by Gasteiger charge is 2.26. The van der Waals surface area contributed by atoms with Crippen LogP contribution in [0.3, 0.4) is 0 Å². The Hall–Kier alpha value is -1.33. The molecule has 1 atom stereocenters. The van der Waals surface area contributed by atoms with E-state index in [1.54, 1.807) is 18.7 Å². The molecule has 0 bridgehead atoms. The Balaban J connectivity index is 2.07. The highest BCUT2D eigenvalue weighted by atomic mass is 35.5. The zero-order chi connectivity index (χ0) is 15.4. The number of aromatic nitrogens is 2. The van der Waals surface area contributed by atoms with Crippen molar-refractivity contribution in [2.24, 2.45) is 5.92 Å². The van der Waals surface area contributed by atoms with Gasteiger partial charge >= 0.3 is 0 Å². The molecule has 1 unspecified atom stereocenters. The maximum atomic E-state index is 11.7. The molecule has 2 rings (SSSR count). The van der Waals surface area contributed by atoms with Crippen molar-refractivity contribution < 1.29 is 9.32 Å². The SMILES string of the molecule is CC(=O)C(c1nc(CSc2ccccc2Cl)no1)C(C)C. The monoisotopic (exact) mass is 324 g/mol. The summed E-state index contributed by atoms with van der Waals surface area (Å²) in [6, 6.07) is 7.61. The Morgan fingerprint density at radius 3 is 2.71 bits per heavy atom. The lowest BCUT2D eigenvalue weighted by Gasteiger charge is -2.12. The molecule has 0 amide bonds. The molecule has 0 spiro atoms. The van der Waals surface area contributed by atoms with E-state index in [9.17, 15) is 4.79 Å². The van der Waals surface area contributed by atoms with Crippen LogP contribution in [-0.2, 0) is 10.5 Å². The predicted molar refractivity (Wildman–Crippen MR) is 83.6 cm³/mol. The summed E-state index contributed by atoms with van der Waals surface area (Å²) in [6.07, 6.45) is 0. The highest BCUT2D eigenvalue weighted by molar-refractivity contribution is 7.98. The van der Waals surface area contributed by atoms with Crippen molar-refractivity contribution in [3.05, 3.63) is 41.0 Å². The van der Waals surface area contributed by atoms with E-state index in [0.717, 1.165) is 4.90 Å². The molecule has 0 fully saturated rings. The van der Waals surface area contributed by atoms with Crippen LogP contribution in [0.25, 0.3) is 0 Å². The standard InChI is InChI=1S/C15H17ClN2O2S/c1-9(2)14(10(3)19)15-17-13(18-20-15)8-21-12-7-5-4-6-11(12)16/h4-7,9,14H,8H2,1-3H3. The summed E-state index contributed by atoms with van der Waals surface area (Å²) < 4.78 is 5.24. The van der Waals surface area contributed by atoms with Gasteiger partial charge < -0.3 is 4.52 Å². The van der Waals surface area contributed by atoms with Gasteiger partial charge in [-0.25, -0.2) is 0 Å². The van der Waals surface area contributed by atoms with E-state index in [1.807, 2.05) is 38.1 Å². The zero-order valence-corrected chi connectivity index (χ0v) is 13.7.